The Morgan fingerprint density at radius 3 is 1.33 bits per heavy atom. The van der Waals surface area contributed by atoms with Gasteiger partial charge in [0.05, 0.1) is 0 Å². The Bertz CT molecular complexity index is 824. The molecule has 0 aliphatic heterocycles. The van der Waals surface area contributed by atoms with Crippen LogP contribution in [0.25, 0.3) is 0 Å². The number of hydrogen-bond donors (Lipinski definition) is 3. The minimum absolute atomic E-state index is 0.0853. The van der Waals surface area contributed by atoms with Gasteiger partial charge in [0.25, 0.3) is 0 Å². The molecule has 3 aromatic carbocycles. The van der Waals surface area contributed by atoms with E-state index >= 15 is 0 Å². The van der Waals surface area contributed by atoms with E-state index in [1.165, 1.54) is 15.9 Å². The lowest BCUT2D eigenvalue weighted by atomic mass is 10.4. The van der Waals surface area contributed by atoms with Crippen LogP contribution in [-0.4, -0.2) is 18.2 Å². The maximum absolute atomic E-state index is 5.94. The Labute approximate surface area is 160 Å². The van der Waals surface area contributed by atoms with Gasteiger partial charge in [0.15, 0.2) is 12.2 Å². The highest BCUT2D eigenvalue weighted by Crippen LogP contribution is 2.55. The number of nitrogens with zero attached hydrogens (tertiary/aromatic N) is 2. The molecule has 0 aliphatic rings. The maximum Gasteiger partial charge on any atom is 0.221 e. The van der Waals surface area contributed by atoms with Crippen LogP contribution in [0.5, 0.6) is 0 Å². The Morgan fingerprint density at radius 2 is 1.00 bits per heavy atom. The van der Waals surface area contributed by atoms with E-state index in [4.69, 9.17) is 17.2 Å². The maximum atomic E-state index is 5.94. The molecule has 3 aromatic rings. The van der Waals surface area contributed by atoms with Gasteiger partial charge in [0.1, 0.15) is 23.2 Å². The fourth-order valence-corrected chi connectivity index (χ4v) is 6.87. The van der Waals surface area contributed by atoms with E-state index in [2.05, 4.69) is 82.8 Å². The second-order valence-electron chi connectivity index (χ2n) is 6.01. The highest BCUT2D eigenvalue weighted by molar-refractivity contribution is 7.95. The van der Waals surface area contributed by atoms with Gasteiger partial charge in [-0.25, -0.2) is 4.99 Å². The lowest BCUT2D eigenvalue weighted by molar-refractivity contribution is 1.28. The Kier molecular flexibility index (Phi) is 5.84. The van der Waals surface area contributed by atoms with Crippen molar-refractivity contribution in [3.63, 3.8) is 0 Å². The first kappa shape index (κ1) is 18.6. The first-order valence-electron chi connectivity index (χ1n) is 8.57. The summed E-state index contributed by atoms with van der Waals surface area (Å²) >= 11 is 0. The minimum Gasteiger partial charge on any atom is -0.370 e. The van der Waals surface area contributed by atoms with Crippen molar-refractivity contribution in [3.8, 4) is 0 Å². The van der Waals surface area contributed by atoms with Crippen LogP contribution in [0.3, 0.4) is 0 Å². The molecule has 0 saturated heterocycles. The highest BCUT2D eigenvalue weighted by Gasteiger charge is 2.45. The van der Waals surface area contributed by atoms with Gasteiger partial charge >= 0.3 is 0 Å². The molecule has 0 bridgehead atoms. The zero-order valence-corrected chi connectivity index (χ0v) is 15.8. The molecule has 0 heterocycles. The lowest BCUT2D eigenvalue weighted by Gasteiger charge is -2.25. The molecule has 0 aromatic heterocycles. The number of benzene rings is 3. The van der Waals surface area contributed by atoms with Crippen LogP contribution >= 0.6 is 7.26 Å². The molecule has 5 nitrogen and oxygen atoms in total. The first-order chi connectivity index (χ1) is 13.1. The van der Waals surface area contributed by atoms with Crippen molar-refractivity contribution >= 4 is 35.1 Å². The number of aliphatic imine (C=N–C) groups is 2. The van der Waals surface area contributed by atoms with Gasteiger partial charge in [-0.2, -0.15) is 4.99 Å². The topological polar surface area (TPSA) is 103 Å². The van der Waals surface area contributed by atoms with E-state index < -0.39 is 7.26 Å². The van der Waals surface area contributed by atoms with E-state index in [1.54, 1.807) is 0 Å². The SMILES string of the molecule is NC(N)=N/C(N)=N/C[P+](c1ccccc1)(c1ccccc1)c1ccccc1. The summed E-state index contributed by atoms with van der Waals surface area (Å²) in [4.78, 5) is 8.44. The molecule has 0 unspecified atom stereocenters. The molecule has 0 amide bonds. The van der Waals surface area contributed by atoms with Gasteiger partial charge in [-0.15, -0.1) is 0 Å². The van der Waals surface area contributed by atoms with E-state index in [9.17, 15) is 0 Å². The van der Waals surface area contributed by atoms with E-state index in [-0.39, 0.29) is 11.9 Å². The number of guanidine groups is 2. The van der Waals surface area contributed by atoms with Gasteiger partial charge < -0.3 is 17.2 Å². The predicted octanol–water partition coefficient (Wildman–Crippen LogP) is 1.53. The Morgan fingerprint density at radius 1 is 0.630 bits per heavy atom. The normalized spacial score (nSPS) is 11.8. The third-order valence-corrected chi connectivity index (χ3v) is 8.38. The van der Waals surface area contributed by atoms with Crippen LogP contribution in [0.2, 0.25) is 0 Å². The molecule has 0 atom stereocenters. The van der Waals surface area contributed by atoms with Crippen LogP contribution in [0, 0.1) is 0 Å². The zero-order valence-electron chi connectivity index (χ0n) is 14.9. The van der Waals surface area contributed by atoms with Crippen molar-refractivity contribution in [2.24, 2.45) is 27.2 Å². The predicted molar refractivity (Wildman–Crippen MR) is 117 cm³/mol. The number of rotatable bonds is 5. The first-order valence-corrected chi connectivity index (χ1v) is 10.5. The van der Waals surface area contributed by atoms with Crippen LogP contribution in [-0.2, 0) is 0 Å². The monoisotopic (exact) mass is 376 g/mol. The summed E-state index contributed by atoms with van der Waals surface area (Å²) in [5, 5.41) is 3.68. The van der Waals surface area contributed by atoms with Crippen molar-refractivity contribution in [1.29, 1.82) is 0 Å². The summed E-state index contributed by atoms with van der Waals surface area (Å²) in [6, 6.07) is 31.3. The number of nitrogens with two attached hydrogens (primary N) is 3. The van der Waals surface area contributed by atoms with E-state index in [0.717, 1.165) is 0 Å². The fourth-order valence-electron chi connectivity index (χ4n) is 3.09. The summed E-state index contributed by atoms with van der Waals surface area (Å²) in [5.41, 5.74) is 16.8. The van der Waals surface area contributed by atoms with Crippen LogP contribution in [0.4, 0.5) is 0 Å². The Balaban J connectivity index is 2.24. The molecule has 0 aliphatic carbocycles. The molecule has 0 fully saturated rings. The van der Waals surface area contributed by atoms with Crippen LogP contribution in [0.15, 0.2) is 101 Å². The average Bonchev–Trinajstić information content (AvgIpc) is 2.70. The van der Waals surface area contributed by atoms with Crippen LogP contribution < -0.4 is 33.1 Å². The molecule has 0 spiro atoms. The molecule has 6 N–H and O–H groups in total. The second-order valence-corrected chi connectivity index (χ2v) is 9.46. The molecule has 27 heavy (non-hydrogen) atoms. The van der Waals surface area contributed by atoms with Gasteiger partial charge in [-0.3, -0.25) is 0 Å². The fraction of sp³-hybridized carbons (Fsp3) is 0.0476. The Hall–Kier alpha value is -3.17. The quantitative estimate of drug-likeness (QED) is 0.357. The lowest BCUT2D eigenvalue weighted by Crippen LogP contribution is -2.33. The summed E-state index contributed by atoms with van der Waals surface area (Å²) in [6.45, 7) is 0. The van der Waals surface area contributed by atoms with E-state index in [0.29, 0.717) is 6.29 Å². The summed E-state index contributed by atoms with van der Waals surface area (Å²) in [6.07, 6.45) is 0.480. The molecule has 0 radical (unpaired) electrons. The van der Waals surface area contributed by atoms with Gasteiger partial charge in [-0.05, 0) is 36.4 Å². The smallest absolute Gasteiger partial charge is 0.221 e. The third-order valence-electron chi connectivity index (χ3n) is 4.28. The highest BCUT2D eigenvalue weighted by atomic mass is 31.2. The van der Waals surface area contributed by atoms with Crippen molar-refractivity contribution in [2.45, 2.75) is 0 Å². The van der Waals surface area contributed by atoms with E-state index in [1.807, 2.05) is 18.2 Å². The zero-order chi connectivity index (χ0) is 19.1. The average molecular weight is 376 g/mol. The summed E-state index contributed by atoms with van der Waals surface area (Å²) < 4.78 is 0. The summed E-state index contributed by atoms with van der Waals surface area (Å²) in [5.74, 6) is -0.0125. The van der Waals surface area contributed by atoms with Crippen molar-refractivity contribution in [2.75, 3.05) is 6.29 Å². The molecular formula is C21H23N5P+. The largest absolute Gasteiger partial charge is 0.370 e. The van der Waals surface area contributed by atoms with Gasteiger partial charge in [-0.1, -0.05) is 54.6 Å². The standard InChI is InChI=1S/C21H23N5P/c22-20(23)26-21(24)25-16-27(17-10-4-1-5-11-17,18-12-6-2-7-13-18)19-14-8-3-9-15-19/h1-15H,16H2,(H6,22,23,24,25,26)/q+1. The number of hydrogen-bond acceptors (Lipinski definition) is 1. The van der Waals surface area contributed by atoms with Crippen molar-refractivity contribution in [3.05, 3.63) is 91.0 Å². The summed E-state index contributed by atoms with van der Waals surface area (Å²) in [7, 11) is -2.07. The van der Waals surface area contributed by atoms with Crippen LogP contribution in [0.1, 0.15) is 0 Å². The molecule has 3 rings (SSSR count). The molecule has 136 valence electrons. The molecular weight excluding hydrogens is 353 g/mol. The minimum atomic E-state index is -2.07. The second kappa shape index (κ2) is 8.47. The third kappa shape index (κ3) is 4.15. The van der Waals surface area contributed by atoms with Gasteiger partial charge in [0.2, 0.25) is 5.96 Å². The van der Waals surface area contributed by atoms with Crippen molar-refractivity contribution in [1.82, 2.24) is 0 Å². The van der Waals surface area contributed by atoms with Gasteiger partial charge in [0, 0.05) is 0 Å². The van der Waals surface area contributed by atoms with Crippen molar-refractivity contribution < 1.29 is 0 Å². The molecule has 0 saturated carbocycles. The molecule has 6 heteroatoms.